The smallest absolute Gasteiger partial charge is 0.229 e. The molecule has 1 unspecified atom stereocenters. The van der Waals surface area contributed by atoms with Crippen LogP contribution >= 0.6 is 11.6 Å². The van der Waals surface area contributed by atoms with Crippen molar-refractivity contribution in [2.45, 2.75) is 26.3 Å². The molecule has 3 rings (SSSR count). The maximum atomic E-state index is 12.4. The molecule has 1 aromatic carbocycles. The molecule has 0 bridgehead atoms. The summed E-state index contributed by atoms with van der Waals surface area (Å²) < 4.78 is 1.77. The fourth-order valence-electron chi connectivity index (χ4n) is 2.71. The number of carbonyl (C=O) groups excluding carboxylic acids is 2. The van der Waals surface area contributed by atoms with E-state index in [-0.39, 0.29) is 30.2 Å². The second-order valence-electron chi connectivity index (χ2n) is 6.18. The highest BCUT2D eigenvalue weighted by Crippen LogP contribution is 2.27. The molecule has 2 aromatic rings. The van der Waals surface area contributed by atoms with E-state index in [1.807, 2.05) is 19.9 Å². The van der Waals surface area contributed by atoms with E-state index in [1.54, 1.807) is 40.2 Å². The van der Waals surface area contributed by atoms with E-state index >= 15 is 0 Å². The van der Waals surface area contributed by atoms with Crippen LogP contribution < -0.4 is 10.2 Å². The van der Waals surface area contributed by atoms with Crippen molar-refractivity contribution in [3.8, 4) is 0 Å². The van der Waals surface area contributed by atoms with Gasteiger partial charge in [-0.2, -0.15) is 5.10 Å². The Morgan fingerprint density at radius 1 is 1.42 bits per heavy atom. The molecule has 1 aromatic heterocycles. The summed E-state index contributed by atoms with van der Waals surface area (Å²) in [6.07, 6.45) is 3.59. The number of amides is 2. The minimum Gasteiger partial charge on any atom is -0.323 e. The molecule has 0 saturated carbocycles. The lowest BCUT2D eigenvalue weighted by Gasteiger charge is -2.16. The Morgan fingerprint density at radius 2 is 2.21 bits per heavy atom. The van der Waals surface area contributed by atoms with Gasteiger partial charge in [0.2, 0.25) is 11.8 Å². The second-order valence-corrected chi connectivity index (χ2v) is 6.61. The molecule has 6 nitrogen and oxygen atoms in total. The van der Waals surface area contributed by atoms with Crippen LogP contribution in [0.2, 0.25) is 5.02 Å². The number of anilines is 2. The molecule has 0 spiro atoms. The van der Waals surface area contributed by atoms with E-state index in [4.69, 9.17) is 11.6 Å². The van der Waals surface area contributed by atoms with E-state index in [2.05, 4.69) is 10.4 Å². The van der Waals surface area contributed by atoms with E-state index in [9.17, 15) is 9.59 Å². The maximum absolute atomic E-state index is 12.4. The van der Waals surface area contributed by atoms with Gasteiger partial charge in [0.25, 0.3) is 0 Å². The van der Waals surface area contributed by atoms with Crippen LogP contribution in [-0.2, 0) is 9.59 Å². The Hall–Kier alpha value is -2.34. The van der Waals surface area contributed by atoms with E-state index in [1.165, 1.54) is 0 Å². The summed E-state index contributed by atoms with van der Waals surface area (Å²) in [6, 6.07) is 7.31. The summed E-state index contributed by atoms with van der Waals surface area (Å²) in [5, 5.41) is 7.59. The molecule has 0 radical (unpaired) electrons. The lowest BCUT2D eigenvalue weighted by atomic mass is 10.1. The first-order valence-electron chi connectivity index (χ1n) is 7.85. The van der Waals surface area contributed by atoms with Crippen LogP contribution in [0, 0.1) is 5.92 Å². The highest BCUT2D eigenvalue weighted by Gasteiger charge is 2.35. The minimum absolute atomic E-state index is 0.0738. The first-order valence-corrected chi connectivity index (χ1v) is 8.23. The average Bonchev–Trinajstić information content (AvgIpc) is 3.14. The van der Waals surface area contributed by atoms with Crippen molar-refractivity contribution in [1.82, 2.24) is 9.78 Å². The number of rotatable bonds is 4. The zero-order valence-electron chi connectivity index (χ0n) is 13.6. The monoisotopic (exact) mass is 346 g/mol. The summed E-state index contributed by atoms with van der Waals surface area (Å²) in [5.41, 5.74) is 1.36. The van der Waals surface area contributed by atoms with Crippen molar-refractivity contribution >= 4 is 34.8 Å². The third-order valence-electron chi connectivity index (χ3n) is 4.01. The van der Waals surface area contributed by atoms with Gasteiger partial charge < -0.3 is 10.2 Å². The topological polar surface area (TPSA) is 67.2 Å². The van der Waals surface area contributed by atoms with Crippen LogP contribution in [0.1, 0.15) is 26.3 Å². The quantitative estimate of drug-likeness (QED) is 0.924. The van der Waals surface area contributed by atoms with Crippen molar-refractivity contribution in [1.29, 1.82) is 0 Å². The number of carbonyl (C=O) groups is 2. The molecule has 1 aliphatic rings. The fourth-order valence-corrected chi connectivity index (χ4v) is 2.89. The van der Waals surface area contributed by atoms with E-state index in [0.717, 1.165) is 5.69 Å². The molecule has 24 heavy (non-hydrogen) atoms. The highest BCUT2D eigenvalue weighted by atomic mass is 35.5. The Labute approximate surface area is 145 Å². The van der Waals surface area contributed by atoms with Crippen molar-refractivity contribution in [3.63, 3.8) is 0 Å². The Bertz CT molecular complexity index is 771. The number of aromatic nitrogens is 2. The summed E-state index contributed by atoms with van der Waals surface area (Å²) >= 11 is 5.98. The average molecular weight is 347 g/mol. The van der Waals surface area contributed by atoms with Crippen LogP contribution in [0.4, 0.5) is 11.4 Å². The zero-order chi connectivity index (χ0) is 17.3. The van der Waals surface area contributed by atoms with Crippen LogP contribution in [0.5, 0.6) is 0 Å². The summed E-state index contributed by atoms with van der Waals surface area (Å²) in [5.74, 6) is -0.634. The van der Waals surface area contributed by atoms with Gasteiger partial charge >= 0.3 is 0 Å². The van der Waals surface area contributed by atoms with Crippen LogP contribution in [0.3, 0.4) is 0 Å². The number of nitrogens with zero attached hydrogens (tertiary/aromatic N) is 3. The van der Waals surface area contributed by atoms with Crippen molar-refractivity contribution in [3.05, 3.63) is 41.7 Å². The van der Waals surface area contributed by atoms with Crippen molar-refractivity contribution in [2.75, 3.05) is 16.8 Å². The molecule has 0 aliphatic carbocycles. The van der Waals surface area contributed by atoms with Crippen LogP contribution in [0.15, 0.2) is 36.7 Å². The third-order valence-corrected chi connectivity index (χ3v) is 4.25. The minimum atomic E-state index is -0.390. The molecular weight excluding hydrogens is 328 g/mol. The molecule has 1 saturated heterocycles. The molecule has 1 aliphatic heterocycles. The second kappa shape index (κ2) is 6.65. The van der Waals surface area contributed by atoms with E-state index in [0.29, 0.717) is 17.3 Å². The number of benzene rings is 1. The summed E-state index contributed by atoms with van der Waals surface area (Å²) in [7, 11) is 0. The van der Waals surface area contributed by atoms with Gasteiger partial charge in [0, 0.05) is 35.9 Å². The molecule has 7 heteroatoms. The SMILES string of the molecule is CC(C)n1cc(NC(=O)C2CC(=O)N(c3cccc(Cl)c3)C2)cn1. The summed E-state index contributed by atoms with van der Waals surface area (Å²) in [4.78, 5) is 26.3. The van der Waals surface area contributed by atoms with Gasteiger partial charge in [-0.3, -0.25) is 14.3 Å². The largest absolute Gasteiger partial charge is 0.323 e. The predicted molar refractivity (Wildman–Crippen MR) is 93.2 cm³/mol. The Morgan fingerprint density at radius 3 is 2.88 bits per heavy atom. The van der Waals surface area contributed by atoms with Gasteiger partial charge in [-0.25, -0.2) is 0 Å². The molecular formula is C17H19ClN4O2. The number of hydrogen-bond donors (Lipinski definition) is 1. The van der Waals surface area contributed by atoms with Gasteiger partial charge in [0.1, 0.15) is 0 Å². The van der Waals surface area contributed by atoms with Gasteiger partial charge in [-0.1, -0.05) is 17.7 Å². The molecule has 1 fully saturated rings. The van der Waals surface area contributed by atoms with Crippen molar-refractivity contribution in [2.24, 2.45) is 5.92 Å². The predicted octanol–water partition coefficient (Wildman–Crippen LogP) is 3.11. The summed E-state index contributed by atoms with van der Waals surface area (Å²) in [6.45, 7) is 4.37. The molecule has 1 N–H and O–H groups in total. The van der Waals surface area contributed by atoms with Gasteiger partial charge in [0.15, 0.2) is 0 Å². The molecule has 2 heterocycles. The first kappa shape index (κ1) is 16.5. The Kier molecular flexibility index (Phi) is 4.57. The zero-order valence-corrected chi connectivity index (χ0v) is 14.3. The van der Waals surface area contributed by atoms with Gasteiger partial charge in [0.05, 0.1) is 17.8 Å². The maximum Gasteiger partial charge on any atom is 0.229 e. The lowest BCUT2D eigenvalue weighted by Crippen LogP contribution is -2.28. The number of halogens is 1. The molecule has 126 valence electrons. The van der Waals surface area contributed by atoms with Gasteiger partial charge in [-0.05, 0) is 32.0 Å². The van der Waals surface area contributed by atoms with Crippen LogP contribution in [-0.4, -0.2) is 28.1 Å². The van der Waals surface area contributed by atoms with E-state index < -0.39 is 0 Å². The van der Waals surface area contributed by atoms with Crippen molar-refractivity contribution < 1.29 is 9.59 Å². The Balaban J connectivity index is 1.67. The normalized spacial score (nSPS) is 17.6. The number of nitrogens with one attached hydrogen (secondary N) is 1. The highest BCUT2D eigenvalue weighted by molar-refractivity contribution is 6.31. The number of hydrogen-bond acceptors (Lipinski definition) is 3. The fraction of sp³-hybridized carbons (Fsp3) is 0.353. The molecule has 1 atom stereocenters. The standard InChI is InChI=1S/C17H19ClN4O2/c1-11(2)22-10-14(8-19-22)20-17(24)12-6-16(23)21(9-12)15-5-3-4-13(18)7-15/h3-5,7-8,10-12H,6,9H2,1-2H3,(H,20,24). The molecule has 2 amide bonds. The first-order chi connectivity index (χ1) is 11.4. The third kappa shape index (κ3) is 3.43. The van der Waals surface area contributed by atoms with Crippen LogP contribution in [0.25, 0.3) is 0 Å². The van der Waals surface area contributed by atoms with Gasteiger partial charge in [-0.15, -0.1) is 0 Å². The lowest BCUT2D eigenvalue weighted by molar-refractivity contribution is -0.122.